The van der Waals surface area contributed by atoms with Gasteiger partial charge in [0.2, 0.25) is 0 Å². The molecule has 0 spiro atoms. The number of benzene rings is 1. The standard InChI is InChI=1S/C16H24IN3/c1-2-20-16-10-6-5-9-14(16)15(19-20)13-18-12-8-4-3-7-11-17/h5-6,9-10,18H,2-4,7-8,11-13H2,1H3. The molecule has 0 radical (unpaired) electrons. The van der Waals surface area contributed by atoms with Gasteiger partial charge in [-0.3, -0.25) is 4.68 Å². The van der Waals surface area contributed by atoms with Crippen molar-refractivity contribution in [3.8, 4) is 0 Å². The molecule has 1 aromatic carbocycles. The molecule has 2 aromatic rings. The number of unbranched alkanes of at least 4 members (excludes halogenated alkanes) is 3. The summed E-state index contributed by atoms with van der Waals surface area (Å²) in [5.74, 6) is 0. The molecule has 1 aromatic heterocycles. The molecule has 0 aliphatic heterocycles. The van der Waals surface area contributed by atoms with E-state index in [0.717, 1.165) is 19.6 Å². The van der Waals surface area contributed by atoms with Crippen LogP contribution in [0.4, 0.5) is 0 Å². The number of halogens is 1. The van der Waals surface area contributed by atoms with Crippen LogP contribution in [0, 0.1) is 0 Å². The molecule has 0 unspecified atom stereocenters. The zero-order chi connectivity index (χ0) is 14.2. The second-order valence-corrected chi connectivity index (χ2v) is 6.14. The predicted octanol–water partition coefficient (Wildman–Crippen LogP) is 4.14. The first-order chi connectivity index (χ1) is 9.86. The minimum Gasteiger partial charge on any atom is -0.311 e. The van der Waals surface area contributed by atoms with Gasteiger partial charge in [0.15, 0.2) is 0 Å². The molecule has 0 aliphatic rings. The van der Waals surface area contributed by atoms with Gasteiger partial charge in [-0.05, 0) is 36.8 Å². The number of aryl methyl sites for hydroxylation is 1. The van der Waals surface area contributed by atoms with Crippen molar-refractivity contribution in [1.29, 1.82) is 0 Å². The smallest absolute Gasteiger partial charge is 0.0841 e. The van der Waals surface area contributed by atoms with Crippen LogP contribution in [0.5, 0.6) is 0 Å². The summed E-state index contributed by atoms with van der Waals surface area (Å²) in [6.45, 7) is 5.04. The van der Waals surface area contributed by atoms with Crippen LogP contribution in [-0.2, 0) is 13.1 Å². The highest BCUT2D eigenvalue weighted by atomic mass is 127. The number of nitrogens with one attached hydrogen (secondary N) is 1. The lowest BCUT2D eigenvalue weighted by Crippen LogP contribution is -2.15. The molecular formula is C16H24IN3. The molecule has 0 bridgehead atoms. The Morgan fingerprint density at radius 2 is 1.95 bits per heavy atom. The summed E-state index contributed by atoms with van der Waals surface area (Å²) in [6, 6.07) is 8.50. The van der Waals surface area contributed by atoms with Gasteiger partial charge >= 0.3 is 0 Å². The molecule has 0 amide bonds. The van der Waals surface area contributed by atoms with Crippen molar-refractivity contribution in [3.63, 3.8) is 0 Å². The fourth-order valence-electron chi connectivity index (χ4n) is 2.47. The first kappa shape index (κ1) is 15.8. The van der Waals surface area contributed by atoms with E-state index in [1.54, 1.807) is 0 Å². The monoisotopic (exact) mass is 385 g/mol. The van der Waals surface area contributed by atoms with E-state index in [2.05, 4.69) is 63.8 Å². The highest BCUT2D eigenvalue weighted by molar-refractivity contribution is 14.1. The van der Waals surface area contributed by atoms with Crippen LogP contribution in [0.15, 0.2) is 24.3 Å². The molecule has 1 N–H and O–H groups in total. The Bertz CT molecular complexity index is 521. The van der Waals surface area contributed by atoms with Crippen molar-refractivity contribution in [3.05, 3.63) is 30.0 Å². The van der Waals surface area contributed by atoms with Gasteiger partial charge in [-0.1, -0.05) is 53.6 Å². The number of hydrogen-bond acceptors (Lipinski definition) is 2. The van der Waals surface area contributed by atoms with Crippen molar-refractivity contribution >= 4 is 33.5 Å². The second kappa shape index (κ2) is 8.62. The lowest BCUT2D eigenvalue weighted by Gasteiger charge is -2.03. The van der Waals surface area contributed by atoms with Crippen LogP contribution in [-0.4, -0.2) is 20.8 Å². The van der Waals surface area contributed by atoms with Crippen molar-refractivity contribution < 1.29 is 0 Å². The Kier molecular flexibility index (Phi) is 6.79. The van der Waals surface area contributed by atoms with Gasteiger partial charge in [-0.15, -0.1) is 0 Å². The van der Waals surface area contributed by atoms with E-state index in [4.69, 9.17) is 5.10 Å². The highest BCUT2D eigenvalue weighted by Gasteiger charge is 2.07. The van der Waals surface area contributed by atoms with Gasteiger partial charge in [-0.25, -0.2) is 0 Å². The molecule has 0 atom stereocenters. The number of para-hydroxylation sites is 1. The summed E-state index contributed by atoms with van der Waals surface area (Å²) in [5, 5.41) is 9.52. The molecular weight excluding hydrogens is 361 g/mol. The maximum Gasteiger partial charge on any atom is 0.0841 e. The number of hydrogen-bond donors (Lipinski definition) is 1. The lowest BCUT2D eigenvalue weighted by atomic mass is 10.2. The Morgan fingerprint density at radius 3 is 2.75 bits per heavy atom. The maximum absolute atomic E-state index is 4.71. The third kappa shape index (κ3) is 4.19. The summed E-state index contributed by atoms with van der Waals surface area (Å²) in [4.78, 5) is 0. The van der Waals surface area contributed by atoms with Crippen molar-refractivity contribution in [1.82, 2.24) is 15.1 Å². The van der Waals surface area contributed by atoms with Gasteiger partial charge in [0.05, 0.1) is 11.2 Å². The van der Waals surface area contributed by atoms with Crippen LogP contribution < -0.4 is 5.32 Å². The fraction of sp³-hybridized carbons (Fsp3) is 0.562. The van der Waals surface area contributed by atoms with Crippen LogP contribution in [0.2, 0.25) is 0 Å². The maximum atomic E-state index is 4.71. The van der Waals surface area contributed by atoms with Crippen molar-refractivity contribution in [2.45, 2.75) is 45.7 Å². The summed E-state index contributed by atoms with van der Waals surface area (Å²) in [7, 11) is 0. The van der Waals surface area contributed by atoms with E-state index in [1.807, 2.05) is 0 Å². The molecule has 0 fully saturated rings. The molecule has 0 saturated heterocycles. The molecule has 3 nitrogen and oxygen atoms in total. The van der Waals surface area contributed by atoms with Crippen molar-refractivity contribution in [2.24, 2.45) is 0 Å². The normalized spacial score (nSPS) is 11.3. The lowest BCUT2D eigenvalue weighted by molar-refractivity contribution is 0.586. The van der Waals surface area contributed by atoms with E-state index < -0.39 is 0 Å². The molecule has 110 valence electrons. The zero-order valence-electron chi connectivity index (χ0n) is 12.2. The van der Waals surface area contributed by atoms with Gasteiger partial charge in [0, 0.05) is 18.5 Å². The topological polar surface area (TPSA) is 29.9 Å². The summed E-state index contributed by atoms with van der Waals surface area (Å²) in [5.41, 5.74) is 2.42. The van der Waals surface area contributed by atoms with E-state index in [-0.39, 0.29) is 0 Å². The fourth-order valence-corrected chi connectivity index (χ4v) is 3.01. The molecule has 1 heterocycles. The largest absolute Gasteiger partial charge is 0.311 e. The van der Waals surface area contributed by atoms with Crippen molar-refractivity contribution in [2.75, 3.05) is 11.0 Å². The molecule has 20 heavy (non-hydrogen) atoms. The Labute approximate surface area is 135 Å². The van der Waals surface area contributed by atoms with Crippen LogP contribution in [0.3, 0.4) is 0 Å². The Hall–Kier alpha value is -0.620. The van der Waals surface area contributed by atoms with E-state index in [9.17, 15) is 0 Å². The van der Waals surface area contributed by atoms with E-state index in [1.165, 1.54) is 46.7 Å². The average molecular weight is 385 g/mol. The summed E-state index contributed by atoms with van der Waals surface area (Å²) in [6.07, 6.45) is 5.31. The molecule has 2 rings (SSSR count). The number of nitrogens with zero attached hydrogens (tertiary/aromatic N) is 2. The summed E-state index contributed by atoms with van der Waals surface area (Å²) < 4.78 is 3.37. The number of alkyl halides is 1. The minimum atomic E-state index is 0.875. The summed E-state index contributed by atoms with van der Waals surface area (Å²) >= 11 is 2.45. The van der Waals surface area contributed by atoms with Crippen LogP contribution in [0.1, 0.15) is 38.3 Å². The third-order valence-electron chi connectivity index (χ3n) is 3.56. The Morgan fingerprint density at radius 1 is 1.15 bits per heavy atom. The van der Waals surface area contributed by atoms with Gasteiger partial charge in [0.25, 0.3) is 0 Å². The molecule has 0 aliphatic carbocycles. The van der Waals surface area contributed by atoms with Crippen LogP contribution >= 0.6 is 22.6 Å². The minimum absolute atomic E-state index is 0.875. The van der Waals surface area contributed by atoms with E-state index >= 15 is 0 Å². The zero-order valence-corrected chi connectivity index (χ0v) is 14.4. The quantitative estimate of drug-likeness (QED) is 0.400. The predicted molar refractivity (Wildman–Crippen MR) is 94.5 cm³/mol. The number of aromatic nitrogens is 2. The highest BCUT2D eigenvalue weighted by Crippen LogP contribution is 2.18. The number of fused-ring (bicyclic) bond motifs is 1. The second-order valence-electron chi connectivity index (χ2n) is 5.06. The van der Waals surface area contributed by atoms with Gasteiger partial charge < -0.3 is 5.32 Å². The molecule has 4 heteroatoms. The molecule has 0 saturated carbocycles. The average Bonchev–Trinajstić information content (AvgIpc) is 2.85. The first-order valence-corrected chi connectivity index (χ1v) is 9.10. The van der Waals surface area contributed by atoms with Gasteiger partial charge in [0.1, 0.15) is 0 Å². The first-order valence-electron chi connectivity index (χ1n) is 7.58. The SMILES string of the molecule is CCn1nc(CNCCCCCCI)c2ccccc21. The van der Waals surface area contributed by atoms with E-state index in [0.29, 0.717) is 0 Å². The van der Waals surface area contributed by atoms with Gasteiger partial charge in [-0.2, -0.15) is 5.10 Å². The van der Waals surface area contributed by atoms with Crippen LogP contribution in [0.25, 0.3) is 10.9 Å². The Balaban J connectivity index is 1.84. The number of rotatable bonds is 9. The third-order valence-corrected chi connectivity index (χ3v) is 4.33.